The summed E-state index contributed by atoms with van der Waals surface area (Å²) in [7, 11) is 0. The third-order valence-corrected chi connectivity index (χ3v) is 2.32. The summed E-state index contributed by atoms with van der Waals surface area (Å²) in [5.41, 5.74) is 1.72. The van der Waals surface area contributed by atoms with Gasteiger partial charge in [0.25, 0.3) is 0 Å². The van der Waals surface area contributed by atoms with Crippen molar-refractivity contribution in [3.63, 3.8) is 0 Å². The molecule has 0 bridgehead atoms. The van der Waals surface area contributed by atoms with Gasteiger partial charge in [-0.25, -0.2) is 9.50 Å². The van der Waals surface area contributed by atoms with Gasteiger partial charge in [-0.15, -0.1) is 6.42 Å². The highest BCUT2D eigenvalue weighted by Gasteiger charge is 2.06. The summed E-state index contributed by atoms with van der Waals surface area (Å²) < 4.78 is 1.71. The third kappa shape index (κ3) is 2.58. The predicted molar refractivity (Wildman–Crippen MR) is 68.1 cm³/mol. The smallest absolute Gasteiger partial charge is 0.240 e. The lowest BCUT2D eigenvalue weighted by Crippen LogP contribution is -2.30. The average molecular weight is 243 g/mol. The molecule has 2 aromatic rings. The Balaban J connectivity index is 2.08. The van der Waals surface area contributed by atoms with Crippen LogP contribution < -0.4 is 10.6 Å². The van der Waals surface area contributed by atoms with Crippen LogP contribution in [0.15, 0.2) is 18.5 Å². The lowest BCUT2D eigenvalue weighted by molar-refractivity contribution is -0.119. The molecule has 0 aliphatic carbocycles. The van der Waals surface area contributed by atoms with E-state index in [9.17, 15) is 4.79 Å². The Morgan fingerprint density at radius 3 is 3.22 bits per heavy atom. The minimum Gasteiger partial charge on any atom is -0.359 e. The number of aromatic nitrogens is 3. The molecule has 0 atom stereocenters. The van der Waals surface area contributed by atoms with Crippen molar-refractivity contribution in [1.82, 2.24) is 19.9 Å². The standard InChI is InChI=1S/C12H13N5O/c1-3-4-13-11(18)8-15-12-10-7-9(2)16-17(10)6-5-14-12/h1,5-7H,4,8H2,2H3,(H,13,18)(H,14,15). The second-order valence-electron chi connectivity index (χ2n) is 3.73. The first kappa shape index (κ1) is 11.9. The normalized spacial score (nSPS) is 10.0. The number of hydrogen-bond acceptors (Lipinski definition) is 4. The number of hydrogen-bond donors (Lipinski definition) is 2. The van der Waals surface area contributed by atoms with E-state index in [1.165, 1.54) is 0 Å². The minimum atomic E-state index is -0.173. The second kappa shape index (κ2) is 5.19. The van der Waals surface area contributed by atoms with Crippen LogP contribution in [0.1, 0.15) is 5.69 Å². The summed E-state index contributed by atoms with van der Waals surface area (Å²) in [5.74, 6) is 2.79. The van der Waals surface area contributed by atoms with Crippen LogP contribution in [0.2, 0.25) is 0 Å². The number of carbonyl (C=O) groups excluding carboxylic acids is 1. The molecule has 1 amide bonds. The highest BCUT2D eigenvalue weighted by molar-refractivity contribution is 5.82. The fourth-order valence-corrected chi connectivity index (χ4v) is 1.56. The minimum absolute atomic E-state index is 0.124. The molecule has 0 saturated carbocycles. The van der Waals surface area contributed by atoms with E-state index in [2.05, 4.69) is 26.6 Å². The highest BCUT2D eigenvalue weighted by atomic mass is 16.1. The topological polar surface area (TPSA) is 71.3 Å². The van der Waals surface area contributed by atoms with Crippen LogP contribution in [0.3, 0.4) is 0 Å². The number of rotatable bonds is 4. The Morgan fingerprint density at radius 2 is 2.44 bits per heavy atom. The lowest BCUT2D eigenvalue weighted by Gasteiger charge is -2.06. The zero-order valence-electron chi connectivity index (χ0n) is 9.97. The Kier molecular flexibility index (Phi) is 3.44. The van der Waals surface area contributed by atoms with Gasteiger partial charge in [0.1, 0.15) is 5.52 Å². The largest absolute Gasteiger partial charge is 0.359 e. The summed E-state index contributed by atoms with van der Waals surface area (Å²) >= 11 is 0. The van der Waals surface area contributed by atoms with Crippen molar-refractivity contribution in [2.24, 2.45) is 0 Å². The number of carbonyl (C=O) groups is 1. The summed E-state index contributed by atoms with van der Waals surface area (Å²) in [6.07, 6.45) is 8.43. The van der Waals surface area contributed by atoms with Gasteiger partial charge in [0.05, 0.1) is 18.8 Å². The molecule has 0 aliphatic heterocycles. The van der Waals surface area contributed by atoms with E-state index in [-0.39, 0.29) is 19.0 Å². The molecule has 92 valence electrons. The third-order valence-electron chi connectivity index (χ3n) is 2.32. The van der Waals surface area contributed by atoms with Gasteiger partial charge in [-0.05, 0) is 13.0 Å². The Hall–Kier alpha value is -2.55. The molecular formula is C12H13N5O. The number of anilines is 1. The number of fused-ring (bicyclic) bond motifs is 1. The number of aryl methyl sites for hydroxylation is 1. The Bertz CT molecular complexity index is 610. The molecular weight excluding hydrogens is 230 g/mol. The van der Waals surface area contributed by atoms with Crippen LogP contribution in [0.4, 0.5) is 5.82 Å². The Morgan fingerprint density at radius 1 is 1.61 bits per heavy atom. The van der Waals surface area contributed by atoms with Gasteiger partial charge >= 0.3 is 0 Å². The SMILES string of the molecule is C#CCNC(=O)CNc1nccn2nc(C)cc12. The summed E-state index contributed by atoms with van der Waals surface area (Å²) in [4.78, 5) is 15.6. The first-order chi connectivity index (χ1) is 8.70. The van der Waals surface area contributed by atoms with Gasteiger partial charge in [0.15, 0.2) is 5.82 Å². The van der Waals surface area contributed by atoms with E-state index in [0.717, 1.165) is 11.2 Å². The fourth-order valence-electron chi connectivity index (χ4n) is 1.56. The van der Waals surface area contributed by atoms with Gasteiger partial charge in [-0.3, -0.25) is 4.79 Å². The molecule has 18 heavy (non-hydrogen) atoms. The monoisotopic (exact) mass is 243 g/mol. The molecule has 0 spiro atoms. The molecule has 0 aromatic carbocycles. The van der Waals surface area contributed by atoms with E-state index in [1.54, 1.807) is 16.9 Å². The van der Waals surface area contributed by atoms with Crippen molar-refractivity contribution in [1.29, 1.82) is 0 Å². The van der Waals surface area contributed by atoms with E-state index in [4.69, 9.17) is 6.42 Å². The van der Waals surface area contributed by atoms with Crippen LogP contribution in [0, 0.1) is 19.3 Å². The molecule has 2 aromatic heterocycles. The van der Waals surface area contributed by atoms with Crippen LogP contribution in [0.5, 0.6) is 0 Å². The molecule has 0 unspecified atom stereocenters. The summed E-state index contributed by atoms with van der Waals surface area (Å²) in [6, 6.07) is 1.90. The first-order valence-corrected chi connectivity index (χ1v) is 5.45. The van der Waals surface area contributed by atoms with Crippen molar-refractivity contribution >= 4 is 17.2 Å². The van der Waals surface area contributed by atoms with Gasteiger partial charge < -0.3 is 10.6 Å². The van der Waals surface area contributed by atoms with Crippen LogP contribution in [0.25, 0.3) is 5.52 Å². The summed E-state index contributed by atoms with van der Waals surface area (Å²) in [6.45, 7) is 2.25. The van der Waals surface area contributed by atoms with Gasteiger partial charge in [-0.2, -0.15) is 5.10 Å². The zero-order valence-corrected chi connectivity index (χ0v) is 9.97. The first-order valence-electron chi connectivity index (χ1n) is 5.45. The van der Waals surface area contributed by atoms with Gasteiger partial charge in [-0.1, -0.05) is 5.92 Å². The number of nitrogens with one attached hydrogen (secondary N) is 2. The fraction of sp³-hybridized carbons (Fsp3) is 0.250. The average Bonchev–Trinajstić information content (AvgIpc) is 2.74. The number of terminal acetylenes is 1. The van der Waals surface area contributed by atoms with E-state index in [0.29, 0.717) is 5.82 Å². The maximum absolute atomic E-state index is 11.4. The quantitative estimate of drug-likeness (QED) is 0.752. The maximum atomic E-state index is 11.4. The van der Waals surface area contributed by atoms with E-state index in [1.807, 2.05) is 13.0 Å². The van der Waals surface area contributed by atoms with Crippen molar-refractivity contribution < 1.29 is 4.79 Å². The molecule has 2 N–H and O–H groups in total. The van der Waals surface area contributed by atoms with Crippen molar-refractivity contribution in [2.45, 2.75) is 6.92 Å². The Labute approximate surface area is 104 Å². The van der Waals surface area contributed by atoms with Crippen molar-refractivity contribution in [2.75, 3.05) is 18.4 Å². The van der Waals surface area contributed by atoms with E-state index >= 15 is 0 Å². The highest BCUT2D eigenvalue weighted by Crippen LogP contribution is 2.13. The van der Waals surface area contributed by atoms with Gasteiger partial charge in [0.2, 0.25) is 5.91 Å². The molecule has 6 heteroatoms. The van der Waals surface area contributed by atoms with E-state index < -0.39 is 0 Å². The maximum Gasteiger partial charge on any atom is 0.240 e. The number of nitrogens with zero attached hydrogens (tertiary/aromatic N) is 3. The molecule has 0 radical (unpaired) electrons. The summed E-state index contributed by atoms with van der Waals surface area (Å²) in [5, 5.41) is 9.79. The molecule has 2 rings (SSSR count). The lowest BCUT2D eigenvalue weighted by atomic mass is 10.4. The molecule has 0 fully saturated rings. The second-order valence-corrected chi connectivity index (χ2v) is 3.73. The molecule has 0 aliphatic rings. The molecule has 6 nitrogen and oxygen atoms in total. The number of amides is 1. The zero-order chi connectivity index (χ0) is 13.0. The van der Waals surface area contributed by atoms with Crippen LogP contribution in [-0.4, -0.2) is 33.6 Å². The van der Waals surface area contributed by atoms with Crippen LogP contribution in [-0.2, 0) is 4.79 Å². The van der Waals surface area contributed by atoms with Crippen LogP contribution >= 0.6 is 0 Å². The van der Waals surface area contributed by atoms with Crippen molar-refractivity contribution in [3.8, 4) is 12.3 Å². The molecule has 0 saturated heterocycles. The molecule has 2 heterocycles. The predicted octanol–water partition coefficient (Wildman–Crippen LogP) is 0.199. The van der Waals surface area contributed by atoms with Crippen molar-refractivity contribution in [3.05, 3.63) is 24.2 Å². The van der Waals surface area contributed by atoms with Gasteiger partial charge in [0, 0.05) is 12.4 Å².